The third kappa shape index (κ3) is 6.72. The van der Waals surface area contributed by atoms with E-state index in [4.69, 9.17) is 9.26 Å². The second-order valence-corrected chi connectivity index (χ2v) is 12.5. The summed E-state index contributed by atoms with van der Waals surface area (Å²) in [5, 5.41) is 15.6. The van der Waals surface area contributed by atoms with Crippen LogP contribution in [0.15, 0.2) is 76.1 Å². The van der Waals surface area contributed by atoms with Crippen LogP contribution in [0, 0.1) is 0 Å². The van der Waals surface area contributed by atoms with E-state index in [1.807, 2.05) is 47.4 Å². The van der Waals surface area contributed by atoms with E-state index in [-0.39, 0.29) is 30.1 Å². The maximum absolute atomic E-state index is 13.6. The molecule has 1 amide bonds. The first-order valence-electron chi connectivity index (χ1n) is 13.8. The van der Waals surface area contributed by atoms with Crippen LogP contribution in [0.4, 0.5) is 0 Å². The molecule has 11 nitrogen and oxygen atoms in total. The quantitative estimate of drug-likeness (QED) is 0.102. The maximum Gasteiger partial charge on any atom is 0.265 e. The molecule has 0 radical (unpaired) electrons. The number of aryl methyl sites for hydroxylation is 1. The SMILES string of the molecule is Cl.O=CCCN1CCC(C(=O)NO)(S(=O)(=O)c2ccc(OCCCc3nc(-c4cccc5ccccc45)no3)cc2)CC1. The van der Waals surface area contributed by atoms with Crippen molar-refractivity contribution in [2.45, 2.75) is 41.7 Å². The van der Waals surface area contributed by atoms with Gasteiger partial charge in [0.1, 0.15) is 12.0 Å². The molecule has 13 heteroatoms. The van der Waals surface area contributed by atoms with E-state index < -0.39 is 20.5 Å². The van der Waals surface area contributed by atoms with Crippen molar-refractivity contribution < 1.29 is 32.5 Å². The van der Waals surface area contributed by atoms with Crippen LogP contribution in [0.3, 0.4) is 0 Å². The summed E-state index contributed by atoms with van der Waals surface area (Å²) in [7, 11) is -4.14. The molecule has 228 valence electrons. The van der Waals surface area contributed by atoms with E-state index in [1.54, 1.807) is 17.6 Å². The second-order valence-electron chi connectivity index (χ2n) is 10.2. The lowest BCUT2D eigenvalue weighted by molar-refractivity contribution is -0.133. The Hall–Kier alpha value is -3.84. The van der Waals surface area contributed by atoms with Crippen molar-refractivity contribution in [3.63, 3.8) is 0 Å². The number of aldehydes is 1. The van der Waals surface area contributed by atoms with Gasteiger partial charge in [0.2, 0.25) is 11.7 Å². The number of fused-ring (bicyclic) bond motifs is 1. The Morgan fingerprint density at radius 2 is 1.79 bits per heavy atom. The first-order valence-corrected chi connectivity index (χ1v) is 15.2. The van der Waals surface area contributed by atoms with Crippen molar-refractivity contribution in [1.82, 2.24) is 20.5 Å². The number of carbonyl (C=O) groups excluding carboxylic acids is 2. The Morgan fingerprint density at radius 1 is 1.07 bits per heavy atom. The van der Waals surface area contributed by atoms with Crippen molar-refractivity contribution >= 4 is 45.2 Å². The van der Waals surface area contributed by atoms with E-state index in [1.165, 1.54) is 12.1 Å². The molecule has 2 heterocycles. The zero-order valence-corrected chi connectivity index (χ0v) is 25.0. The molecule has 2 N–H and O–H groups in total. The number of hydroxylamine groups is 1. The Morgan fingerprint density at radius 3 is 2.51 bits per heavy atom. The number of ether oxygens (including phenoxy) is 1. The predicted octanol–water partition coefficient (Wildman–Crippen LogP) is 4.03. The van der Waals surface area contributed by atoms with Gasteiger partial charge in [-0.2, -0.15) is 4.98 Å². The Balaban J connectivity index is 0.00000423. The van der Waals surface area contributed by atoms with Crippen LogP contribution in [0.5, 0.6) is 5.75 Å². The molecule has 1 aliphatic rings. The van der Waals surface area contributed by atoms with Gasteiger partial charge in [0.25, 0.3) is 5.91 Å². The fraction of sp³-hybridized carbons (Fsp3) is 0.333. The highest BCUT2D eigenvalue weighted by atomic mass is 35.5. The molecule has 43 heavy (non-hydrogen) atoms. The molecular weight excluding hydrogens is 596 g/mol. The number of benzene rings is 3. The number of aromatic nitrogens is 2. The third-order valence-electron chi connectivity index (χ3n) is 7.69. The van der Waals surface area contributed by atoms with Crippen molar-refractivity contribution in [1.29, 1.82) is 0 Å². The maximum atomic E-state index is 13.6. The van der Waals surface area contributed by atoms with Gasteiger partial charge in [0.05, 0.1) is 11.5 Å². The standard InChI is InChI=1S/C30H32N4O7S.ClH/c35-20-5-17-34-18-15-30(16-19-34,29(36)32-37)42(38,39)24-13-11-23(12-14-24)40-21-4-10-27-31-28(33-41-27)26-9-3-7-22-6-1-2-8-25(22)26;/h1-3,6-9,11-14,20,37H,4-5,10,15-19,21H2,(H,32,36);1H. The lowest BCUT2D eigenvalue weighted by Crippen LogP contribution is -2.57. The van der Waals surface area contributed by atoms with Gasteiger partial charge in [-0.1, -0.05) is 47.6 Å². The number of piperidine rings is 1. The van der Waals surface area contributed by atoms with Gasteiger partial charge >= 0.3 is 0 Å². The molecule has 0 aliphatic carbocycles. The highest BCUT2D eigenvalue weighted by Gasteiger charge is 2.52. The molecule has 5 rings (SSSR count). The zero-order chi connectivity index (χ0) is 29.6. The first-order chi connectivity index (χ1) is 20.4. The number of hydrogen-bond acceptors (Lipinski definition) is 10. The van der Waals surface area contributed by atoms with Gasteiger partial charge < -0.3 is 19.0 Å². The average Bonchev–Trinajstić information content (AvgIpc) is 3.50. The minimum Gasteiger partial charge on any atom is -0.494 e. The fourth-order valence-corrected chi connectivity index (χ4v) is 7.29. The molecule has 1 aromatic heterocycles. The van der Waals surface area contributed by atoms with Crippen LogP contribution in [0.1, 0.15) is 31.6 Å². The van der Waals surface area contributed by atoms with Crippen molar-refractivity contribution in [2.24, 2.45) is 0 Å². The van der Waals surface area contributed by atoms with Gasteiger partial charge in [-0.25, -0.2) is 13.9 Å². The molecular formula is C30H33ClN4O7S. The third-order valence-corrected chi connectivity index (χ3v) is 10.2. The zero-order valence-electron chi connectivity index (χ0n) is 23.3. The fourth-order valence-electron chi connectivity index (χ4n) is 5.33. The van der Waals surface area contributed by atoms with Crippen LogP contribution in [-0.4, -0.2) is 71.8 Å². The number of likely N-dealkylation sites (tertiary alicyclic amines) is 1. The molecule has 1 fully saturated rings. The molecule has 0 spiro atoms. The molecule has 1 saturated heterocycles. The molecule has 0 atom stereocenters. The minimum atomic E-state index is -4.14. The summed E-state index contributed by atoms with van der Waals surface area (Å²) in [5.74, 6) is 0.536. The van der Waals surface area contributed by atoms with E-state index in [2.05, 4.69) is 10.1 Å². The van der Waals surface area contributed by atoms with Gasteiger partial charge in [-0.15, -0.1) is 12.4 Å². The van der Waals surface area contributed by atoms with Crippen molar-refractivity contribution in [3.05, 3.63) is 72.6 Å². The smallest absolute Gasteiger partial charge is 0.265 e. The summed E-state index contributed by atoms with van der Waals surface area (Å²) in [6.07, 6.45) is 2.23. The number of carbonyl (C=O) groups is 2. The largest absolute Gasteiger partial charge is 0.494 e. The molecule has 0 saturated carbocycles. The minimum absolute atomic E-state index is 0. The summed E-state index contributed by atoms with van der Waals surface area (Å²) in [5.41, 5.74) is 2.45. The summed E-state index contributed by atoms with van der Waals surface area (Å²) in [6.45, 7) is 1.45. The van der Waals surface area contributed by atoms with Crippen LogP contribution in [0.25, 0.3) is 22.2 Å². The van der Waals surface area contributed by atoms with E-state index >= 15 is 0 Å². The number of amides is 1. The Bertz CT molecular complexity index is 1650. The molecule has 1 aliphatic heterocycles. The number of sulfone groups is 1. The molecule has 0 unspecified atom stereocenters. The topological polar surface area (TPSA) is 152 Å². The average molecular weight is 629 g/mol. The Labute approximate surface area is 255 Å². The summed E-state index contributed by atoms with van der Waals surface area (Å²) in [4.78, 5) is 29.8. The van der Waals surface area contributed by atoms with E-state index in [0.29, 0.717) is 63.0 Å². The highest BCUT2D eigenvalue weighted by molar-refractivity contribution is 7.93. The monoisotopic (exact) mass is 628 g/mol. The normalized spacial score (nSPS) is 15.0. The van der Waals surface area contributed by atoms with Crippen molar-refractivity contribution in [2.75, 3.05) is 26.2 Å². The predicted molar refractivity (Wildman–Crippen MR) is 161 cm³/mol. The number of hydrogen-bond donors (Lipinski definition) is 2. The van der Waals surface area contributed by atoms with E-state index in [9.17, 15) is 23.2 Å². The van der Waals surface area contributed by atoms with Gasteiger partial charge in [0.15, 0.2) is 14.6 Å². The van der Waals surface area contributed by atoms with Crippen LogP contribution in [0.2, 0.25) is 0 Å². The lowest BCUT2D eigenvalue weighted by Gasteiger charge is -2.39. The van der Waals surface area contributed by atoms with Crippen LogP contribution < -0.4 is 10.2 Å². The number of nitrogens with one attached hydrogen (secondary N) is 1. The molecule has 0 bridgehead atoms. The second kappa shape index (κ2) is 14.1. The Kier molecular flexibility index (Phi) is 10.5. The number of rotatable bonds is 12. The van der Waals surface area contributed by atoms with Gasteiger partial charge in [-0.05, 0) is 54.3 Å². The highest BCUT2D eigenvalue weighted by Crippen LogP contribution is 2.36. The molecule has 3 aromatic carbocycles. The lowest BCUT2D eigenvalue weighted by atomic mass is 9.95. The van der Waals surface area contributed by atoms with Crippen LogP contribution in [-0.2, 0) is 25.8 Å². The van der Waals surface area contributed by atoms with Crippen LogP contribution >= 0.6 is 12.4 Å². The summed E-state index contributed by atoms with van der Waals surface area (Å²) >= 11 is 0. The van der Waals surface area contributed by atoms with E-state index in [0.717, 1.165) is 22.6 Å². The van der Waals surface area contributed by atoms with Gasteiger partial charge in [0, 0.05) is 38.0 Å². The van der Waals surface area contributed by atoms with Crippen molar-refractivity contribution in [3.8, 4) is 17.1 Å². The molecule has 4 aromatic rings. The van der Waals surface area contributed by atoms with Gasteiger partial charge in [-0.3, -0.25) is 10.0 Å². The number of nitrogens with zero attached hydrogens (tertiary/aromatic N) is 3. The summed E-state index contributed by atoms with van der Waals surface area (Å²) < 4.78 is 36.7. The number of halogens is 1. The first kappa shape index (κ1) is 32.1. The summed E-state index contributed by atoms with van der Waals surface area (Å²) in [6, 6.07) is 19.9.